The number of benzene rings is 3. The highest BCUT2D eigenvalue weighted by atomic mass is 32.2. The summed E-state index contributed by atoms with van der Waals surface area (Å²) in [6, 6.07) is 24.6. The van der Waals surface area contributed by atoms with Crippen LogP contribution in [0.2, 0.25) is 0 Å². The largest absolute Gasteiger partial charge is 0.392 e. The van der Waals surface area contributed by atoms with E-state index < -0.39 is 6.29 Å². The van der Waals surface area contributed by atoms with Gasteiger partial charge in [-0.3, -0.25) is 0 Å². The van der Waals surface area contributed by atoms with E-state index in [9.17, 15) is 9.90 Å². The Morgan fingerprint density at radius 2 is 1.62 bits per heavy atom. The molecule has 3 N–H and O–H groups in total. The van der Waals surface area contributed by atoms with Crippen molar-refractivity contribution in [3.63, 3.8) is 0 Å². The molecule has 5 aliphatic rings. The molecule has 5 fully saturated rings. The van der Waals surface area contributed by atoms with Gasteiger partial charge in [0.15, 0.2) is 6.29 Å². The van der Waals surface area contributed by atoms with Crippen molar-refractivity contribution in [1.82, 2.24) is 30.8 Å². The van der Waals surface area contributed by atoms with E-state index in [0.717, 1.165) is 75.6 Å². The average Bonchev–Trinajstić information content (AvgIpc) is 3.54. The smallest absolute Gasteiger partial charge is 0.315 e. The molecule has 0 spiro atoms. The van der Waals surface area contributed by atoms with Crippen molar-refractivity contribution in [2.45, 2.75) is 87.8 Å². The summed E-state index contributed by atoms with van der Waals surface area (Å²) in [5.74, 6) is 3.11. The molecule has 4 bridgehead atoms. The maximum absolute atomic E-state index is 13.1. The van der Waals surface area contributed by atoms with Gasteiger partial charge in [0.25, 0.3) is 0 Å². The van der Waals surface area contributed by atoms with Crippen LogP contribution in [0.3, 0.4) is 0 Å². The van der Waals surface area contributed by atoms with E-state index >= 15 is 0 Å². The van der Waals surface area contributed by atoms with E-state index in [4.69, 9.17) is 9.47 Å². The Kier molecular flexibility index (Phi) is 9.41. The third-order valence-electron chi connectivity index (χ3n) is 11.4. The highest BCUT2D eigenvalue weighted by Crippen LogP contribution is 2.55. The number of aromatic nitrogens is 4. The Morgan fingerprint density at radius 1 is 0.920 bits per heavy atom. The number of nitrogens with zero attached hydrogens (tertiary/aromatic N) is 4. The van der Waals surface area contributed by atoms with E-state index in [2.05, 4.69) is 75.5 Å². The normalized spacial score (nSPS) is 29.9. The van der Waals surface area contributed by atoms with Crippen molar-refractivity contribution >= 4 is 17.8 Å². The van der Waals surface area contributed by atoms with Crippen LogP contribution < -0.4 is 10.6 Å². The number of aryl methyl sites for hydroxylation is 1. The molecule has 1 saturated heterocycles. The number of aliphatic hydroxyl groups is 1. The first-order chi connectivity index (χ1) is 24.3. The van der Waals surface area contributed by atoms with E-state index in [1.54, 1.807) is 16.4 Å². The van der Waals surface area contributed by atoms with Crippen molar-refractivity contribution in [1.29, 1.82) is 0 Å². The predicted octanol–water partition coefficient (Wildman–Crippen LogP) is 6.72. The van der Waals surface area contributed by atoms with Crippen molar-refractivity contribution < 1.29 is 19.4 Å². The molecule has 2 heterocycles. The van der Waals surface area contributed by atoms with Gasteiger partial charge in [-0.05, 0) is 101 Å². The molecule has 4 unspecified atom stereocenters. The molecule has 4 atom stereocenters. The standard InChI is InChI=1S/C39H46N6O4S/c1-24-34(23-50-38-42-43-44-45(38)2)48-36(49-35(24)31-8-6-25(22-46)7-9-31)32-12-10-30(11-13-32)33-5-3-4-26(17-33)21-40-37(47)41-39-18-27-14-28(19-39)16-29(15-27)20-39/h3-13,17,24,27-29,34-36,46H,14-16,18-23H2,1-2H3,(H2,40,41,47). The van der Waals surface area contributed by atoms with E-state index in [-0.39, 0.29) is 36.3 Å². The number of ether oxygens (including phenoxy) is 2. The van der Waals surface area contributed by atoms with Gasteiger partial charge in [-0.15, -0.1) is 5.10 Å². The summed E-state index contributed by atoms with van der Waals surface area (Å²) in [5, 5.41) is 28.7. The minimum absolute atomic E-state index is 0.000859. The summed E-state index contributed by atoms with van der Waals surface area (Å²) in [4.78, 5) is 13.1. The molecule has 262 valence electrons. The van der Waals surface area contributed by atoms with Crippen LogP contribution in [0, 0.1) is 23.7 Å². The summed E-state index contributed by atoms with van der Waals surface area (Å²) in [6.45, 7) is 2.64. The lowest BCUT2D eigenvalue weighted by atomic mass is 9.53. The van der Waals surface area contributed by atoms with Gasteiger partial charge in [-0.25, -0.2) is 9.48 Å². The zero-order chi connectivity index (χ0) is 34.2. The molecule has 1 aromatic heterocycles. The average molecular weight is 695 g/mol. The lowest BCUT2D eigenvalue weighted by molar-refractivity contribution is -0.268. The second-order valence-electron chi connectivity index (χ2n) is 15.0. The van der Waals surface area contributed by atoms with Crippen LogP contribution >= 0.6 is 11.8 Å². The SMILES string of the molecule is CC1C(CSc2nnnn2C)OC(c2ccc(-c3cccc(CNC(=O)NC45CC6CC(CC(C6)C4)C5)c3)cc2)OC1c1ccc(CO)cc1. The second kappa shape index (κ2) is 14.1. The summed E-state index contributed by atoms with van der Waals surface area (Å²) >= 11 is 1.57. The summed E-state index contributed by atoms with van der Waals surface area (Å²) in [5.41, 5.74) is 6.08. The number of hydrogen-bond donors (Lipinski definition) is 3. The number of carbonyl (C=O) groups is 1. The summed E-state index contributed by atoms with van der Waals surface area (Å²) in [6.07, 6.45) is 6.63. The van der Waals surface area contributed by atoms with Gasteiger partial charge in [-0.2, -0.15) is 0 Å². The number of hydrogen-bond acceptors (Lipinski definition) is 8. The van der Waals surface area contributed by atoms with Gasteiger partial charge >= 0.3 is 6.03 Å². The second-order valence-corrected chi connectivity index (χ2v) is 16.0. The van der Waals surface area contributed by atoms with Crippen LogP contribution in [0.5, 0.6) is 0 Å². The fourth-order valence-corrected chi connectivity index (χ4v) is 10.2. The highest BCUT2D eigenvalue weighted by Gasteiger charge is 2.51. The van der Waals surface area contributed by atoms with Crippen LogP contribution in [0.15, 0.2) is 78.0 Å². The minimum atomic E-state index is -0.561. The molecule has 50 heavy (non-hydrogen) atoms. The van der Waals surface area contributed by atoms with Gasteiger partial charge in [0.1, 0.15) is 0 Å². The Morgan fingerprint density at radius 3 is 2.28 bits per heavy atom. The molecular weight excluding hydrogens is 649 g/mol. The lowest BCUT2D eigenvalue weighted by Gasteiger charge is -2.56. The quantitative estimate of drug-likeness (QED) is 0.156. The molecular formula is C39H46N6O4S. The van der Waals surface area contributed by atoms with E-state index in [0.29, 0.717) is 12.3 Å². The van der Waals surface area contributed by atoms with Crippen molar-refractivity contribution in [2.75, 3.05) is 5.75 Å². The molecule has 11 heteroatoms. The molecule has 10 nitrogen and oxygen atoms in total. The fourth-order valence-electron chi connectivity index (χ4n) is 9.23. The van der Waals surface area contributed by atoms with Crippen molar-refractivity contribution in [2.24, 2.45) is 30.7 Å². The molecule has 4 saturated carbocycles. The number of aliphatic hydroxyl groups excluding tert-OH is 1. The first-order valence-corrected chi connectivity index (χ1v) is 18.9. The third-order valence-corrected chi connectivity index (χ3v) is 12.5. The van der Waals surface area contributed by atoms with Gasteiger partial charge < -0.3 is 25.2 Å². The molecule has 2 amide bonds. The van der Waals surface area contributed by atoms with Crippen LogP contribution in [0.4, 0.5) is 4.79 Å². The number of tetrazole rings is 1. The Labute approximate surface area is 297 Å². The maximum Gasteiger partial charge on any atom is 0.315 e. The molecule has 0 radical (unpaired) electrons. The first-order valence-electron chi connectivity index (χ1n) is 17.9. The molecule has 9 rings (SSSR count). The van der Waals surface area contributed by atoms with Gasteiger partial charge in [-0.1, -0.05) is 85.4 Å². The number of urea groups is 1. The topological polar surface area (TPSA) is 123 Å². The number of nitrogens with one attached hydrogen (secondary N) is 2. The number of thioether (sulfide) groups is 1. The van der Waals surface area contributed by atoms with E-state index in [1.807, 2.05) is 37.4 Å². The monoisotopic (exact) mass is 694 g/mol. The molecule has 3 aromatic carbocycles. The van der Waals surface area contributed by atoms with Crippen molar-refractivity contribution in [3.05, 3.63) is 95.1 Å². The number of amides is 2. The summed E-state index contributed by atoms with van der Waals surface area (Å²) in [7, 11) is 1.83. The van der Waals surface area contributed by atoms with Gasteiger partial charge in [0.2, 0.25) is 5.16 Å². The fraction of sp³-hybridized carbons (Fsp3) is 0.487. The molecule has 1 aliphatic heterocycles. The van der Waals surface area contributed by atoms with Crippen LogP contribution in [-0.4, -0.2) is 48.7 Å². The van der Waals surface area contributed by atoms with Crippen LogP contribution in [0.25, 0.3) is 11.1 Å². The highest BCUT2D eigenvalue weighted by molar-refractivity contribution is 7.99. The number of carbonyl (C=O) groups excluding carboxylic acids is 1. The van der Waals surface area contributed by atoms with Crippen LogP contribution in [0.1, 0.15) is 80.1 Å². The maximum atomic E-state index is 13.1. The lowest BCUT2D eigenvalue weighted by Crippen LogP contribution is -2.61. The van der Waals surface area contributed by atoms with Crippen LogP contribution in [-0.2, 0) is 29.7 Å². The first kappa shape index (κ1) is 33.4. The molecule has 4 aliphatic carbocycles. The van der Waals surface area contributed by atoms with E-state index in [1.165, 1.54) is 19.3 Å². The zero-order valence-electron chi connectivity index (χ0n) is 28.7. The minimum Gasteiger partial charge on any atom is -0.392 e. The Balaban J connectivity index is 0.936. The summed E-state index contributed by atoms with van der Waals surface area (Å²) < 4.78 is 14.9. The molecule has 4 aromatic rings. The third kappa shape index (κ3) is 7.06. The Bertz CT molecular complexity index is 1760. The Hall–Kier alpha value is -3.77. The van der Waals surface area contributed by atoms with Gasteiger partial charge in [0.05, 0.1) is 18.8 Å². The number of rotatable bonds is 10. The predicted molar refractivity (Wildman–Crippen MR) is 191 cm³/mol. The van der Waals surface area contributed by atoms with Crippen molar-refractivity contribution in [3.8, 4) is 11.1 Å². The van der Waals surface area contributed by atoms with Gasteiger partial charge in [0, 0.05) is 36.4 Å². The zero-order valence-corrected chi connectivity index (χ0v) is 29.5.